The third kappa shape index (κ3) is 6.60. The number of carbonyl (C=O) groups is 3. The van der Waals surface area contributed by atoms with Crippen LogP contribution in [0, 0.1) is 0 Å². The fourth-order valence-electron chi connectivity index (χ4n) is 3.84. The molecule has 0 aliphatic rings. The zero-order valence-electron chi connectivity index (χ0n) is 21.7. The molecule has 0 aliphatic carbocycles. The molecule has 0 atom stereocenters. The highest BCUT2D eigenvalue weighted by Gasteiger charge is 2.17. The normalized spacial score (nSPS) is 10.9. The standard InChI is InChI=1S/C30H23N5O5S/c1-2-39-22-15-12-21(13-16-22)29(38)40-25-17-14-19-8-6-7-11-23(19)24(25)18-31-33-27(37)26(36)32-30-35-34-28(41-30)20-9-4-3-5-10-20/h3-18H,2H2,1H3,(H,33,37)(H,32,35,36)/b31-18-. The van der Waals surface area contributed by atoms with E-state index < -0.39 is 17.8 Å². The quantitative estimate of drug-likeness (QED) is 0.0883. The Morgan fingerprint density at radius 2 is 1.63 bits per heavy atom. The number of hydrogen-bond acceptors (Lipinski definition) is 9. The van der Waals surface area contributed by atoms with Crippen LogP contribution in [0.25, 0.3) is 21.3 Å². The number of amides is 2. The maximum absolute atomic E-state index is 12.9. The molecule has 0 saturated heterocycles. The van der Waals surface area contributed by atoms with E-state index in [0.717, 1.165) is 27.7 Å². The first-order valence-electron chi connectivity index (χ1n) is 12.5. The van der Waals surface area contributed by atoms with Gasteiger partial charge in [0.1, 0.15) is 16.5 Å². The molecule has 11 heteroatoms. The van der Waals surface area contributed by atoms with Crippen molar-refractivity contribution in [3.05, 3.63) is 102 Å². The average molecular weight is 566 g/mol. The summed E-state index contributed by atoms with van der Waals surface area (Å²) < 4.78 is 11.1. The minimum atomic E-state index is -1.01. The van der Waals surface area contributed by atoms with Gasteiger partial charge < -0.3 is 9.47 Å². The molecule has 2 N–H and O–H groups in total. The number of aromatic nitrogens is 2. The van der Waals surface area contributed by atoms with Crippen LogP contribution in [0.3, 0.4) is 0 Å². The number of anilines is 1. The monoisotopic (exact) mass is 565 g/mol. The minimum Gasteiger partial charge on any atom is -0.494 e. The van der Waals surface area contributed by atoms with Crippen molar-refractivity contribution in [2.75, 3.05) is 11.9 Å². The SMILES string of the molecule is CCOc1ccc(C(=O)Oc2ccc3ccccc3c2/C=N\NC(=O)C(=O)Nc2nnc(-c3ccccc3)s2)cc1. The molecule has 204 valence electrons. The van der Waals surface area contributed by atoms with Gasteiger partial charge in [0.15, 0.2) is 0 Å². The van der Waals surface area contributed by atoms with Crippen molar-refractivity contribution in [1.29, 1.82) is 0 Å². The molecule has 0 spiro atoms. The molecule has 41 heavy (non-hydrogen) atoms. The van der Waals surface area contributed by atoms with Gasteiger partial charge in [0.05, 0.1) is 18.4 Å². The fraction of sp³-hybridized carbons (Fsp3) is 0.0667. The van der Waals surface area contributed by atoms with Crippen LogP contribution in [0.4, 0.5) is 5.13 Å². The number of esters is 1. The third-order valence-electron chi connectivity index (χ3n) is 5.77. The van der Waals surface area contributed by atoms with Gasteiger partial charge in [-0.05, 0) is 48.0 Å². The van der Waals surface area contributed by atoms with Gasteiger partial charge in [0.25, 0.3) is 0 Å². The number of nitrogens with zero attached hydrogens (tertiary/aromatic N) is 3. The topological polar surface area (TPSA) is 132 Å². The van der Waals surface area contributed by atoms with Crippen molar-refractivity contribution in [2.45, 2.75) is 6.92 Å². The van der Waals surface area contributed by atoms with Crippen LogP contribution in [0.15, 0.2) is 96.1 Å². The Morgan fingerprint density at radius 3 is 2.41 bits per heavy atom. The van der Waals surface area contributed by atoms with Crippen LogP contribution in [0.1, 0.15) is 22.8 Å². The van der Waals surface area contributed by atoms with Crippen molar-refractivity contribution < 1.29 is 23.9 Å². The fourth-order valence-corrected chi connectivity index (χ4v) is 4.59. The summed E-state index contributed by atoms with van der Waals surface area (Å²) in [4.78, 5) is 37.7. The van der Waals surface area contributed by atoms with E-state index in [0.29, 0.717) is 28.5 Å². The lowest BCUT2D eigenvalue weighted by Gasteiger charge is -2.11. The smallest absolute Gasteiger partial charge is 0.343 e. The van der Waals surface area contributed by atoms with Crippen molar-refractivity contribution in [2.24, 2.45) is 5.10 Å². The van der Waals surface area contributed by atoms with Gasteiger partial charge in [0, 0.05) is 11.1 Å². The Kier molecular flexibility index (Phi) is 8.36. The van der Waals surface area contributed by atoms with Gasteiger partial charge >= 0.3 is 17.8 Å². The van der Waals surface area contributed by atoms with E-state index in [-0.39, 0.29) is 10.9 Å². The van der Waals surface area contributed by atoms with E-state index in [4.69, 9.17) is 9.47 Å². The number of carbonyl (C=O) groups excluding carboxylic acids is 3. The summed E-state index contributed by atoms with van der Waals surface area (Å²) in [6.07, 6.45) is 1.33. The van der Waals surface area contributed by atoms with Crippen LogP contribution in [0.2, 0.25) is 0 Å². The highest BCUT2D eigenvalue weighted by Crippen LogP contribution is 2.28. The number of fused-ring (bicyclic) bond motifs is 1. The predicted octanol–water partition coefficient (Wildman–Crippen LogP) is 5.07. The van der Waals surface area contributed by atoms with Crippen LogP contribution < -0.4 is 20.2 Å². The van der Waals surface area contributed by atoms with Crippen molar-refractivity contribution in [1.82, 2.24) is 15.6 Å². The second kappa shape index (κ2) is 12.6. The summed E-state index contributed by atoms with van der Waals surface area (Å²) in [5, 5.41) is 16.7. The first-order chi connectivity index (χ1) is 20.0. The molecular weight excluding hydrogens is 542 g/mol. The van der Waals surface area contributed by atoms with Gasteiger partial charge in [-0.3, -0.25) is 14.9 Å². The molecule has 1 heterocycles. The second-order valence-electron chi connectivity index (χ2n) is 8.48. The van der Waals surface area contributed by atoms with Gasteiger partial charge in [-0.15, -0.1) is 10.2 Å². The van der Waals surface area contributed by atoms with Crippen LogP contribution in [-0.2, 0) is 9.59 Å². The van der Waals surface area contributed by atoms with Crippen LogP contribution >= 0.6 is 11.3 Å². The highest BCUT2D eigenvalue weighted by atomic mass is 32.1. The van der Waals surface area contributed by atoms with Gasteiger partial charge in [-0.25, -0.2) is 10.2 Å². The van der Waals surface area contributed by atoms with Crippen LogP contribution in [-0.4, -0.2) is 40.8 Å². The van der Waals surface area contributed by atoms with E-state index in [9.17, 15) is 14.4 Å². The molecule has 5 aromatic rings. The van der Waals surface area contributed by atoms with E-state index >= 15 is 0 Å². The van der Waals surface area contributed by atoms with E-state index in [1.165, 1.54) is 6.21 Å². The van der Waals surface area contributed by atoms with Crippen molar-refractivity contribution in [3.63, 3.8) is 0 Å². The zero-order chi connectivity index (χ0) is 28.6. The Bertz CT molecular complexity index is 1740. The summed E-state index contributed by atoms with van der Waals surface area (Å²) in [6, 6.07) is 26.8. The first kappa shape index (κ1) is 27.2. The molecule has 0 saturated carbocycles. The highest BCUT2D eigenvalue weighted by molar-refractivity contribution is 7.18. The Morgan fingerprint density at radius 1 is 0.878 bits per heavy atom. The van der Waals surface area contributed by atoms with E-state index in [2.05, 4.69) is 26.0 Å². The maximum Gasteiger partial charge on any atom is 0.343 e. The lowest BCUT2D eigenvalue weighted by Crippen LogP contribution is -2.32. The summed E-state index contributed by atoms with van der Waals surface area (Å²) in [6.45, 7) is 2.39. The Labute approximate surface area is 238 Å². The molecule has 1 aromatic heterocycles. The molecule has 0 radical (unpaired) electrons. The lowest BCUT2D eigenvalue weighted by molar-refractivity contribution is -0.136. The number of ether oxygens (including phenoxy) is 2. The van der Waals surface area contributed by atoms with Gasteiger partial charge in [0.2, 0.25) is 5.13 Å². The predicted molar refractivity (Wildman–Crippen MR) is 156 cm³/mol. The summed E-state index contributed by atoms with van der Waals surface area (Å²) >= 11 is 1.13. The Hall–Kier alpha value is -5.42. The maximum atomic E-state index is 12.9. The largest absolute Gasteiger partial charge is 0.494 e. The molecule has 0 fully saturated rings. The number of hydrogen-bond donors (Lipinski definition) is 2. The Balaban J connectivity index is 1.29. The average Bonchev–Trinajstić information content (AvgIpc) is 3.47. The molecule has 10 nitrogen and oxygen atoms in total. The number of rotatable bonds is 8. The molecule has 5 rings (SSSR count). The van der Waals surface area contributed by atoms with Crippen molar-refractivity contribution >= 4 is 51.2 Å². The third-order valence-corrected chi connectivity index (χ3v) is 6.65. The molecular formula is C30H23N5O5S. The molecule has 0 unspecified atom stereocenters. The van der Waals surface area contributed by atoms with Gasteiger partial charge in [-0.2, -0.15) is 5.10 Å². The number of nitrogens with one attached hydrogen (secondary N) is 2. The van der Waals surface area contributed by atoms with Gasteiger partial charge in [-0.1, -0.05) is 72.0 Å². The molecule has 0 bridgehead atoms. The number of benzene rings is 4. The van der Waals surface area contributed by atoms with E-state index in [1.54, 1.807) is 30.3 Å². The second-order valence-corrected chi connectivity index (χ2v) is 9.45. The summed E-state index contributed by atoms with van der Waals surface area (Å²) in [7, 11) is 0. The molecule has 0 aliphatic heterocycles. The molecule has 2 amide bonds. The summed E-state index contributed by atoms with van der Waals surface area (Å²) in [5.41, 5.74) is 3.83. The summed E-state index contributed by atoms with van der Waals surface area (Å²) in [5.74, 6) is -1.67. The lowest BCUT2D eigenvalue weighted by atomic mass is 10.0. The first-order valence-corrected chi connectivity index (χ1v) is 13.3. The van der Waals surface area contributed by atoms with Crippen LogP contribution in [0.5, 0.6) is 11.5 Å². The van der Waals surface area contributed by atoms with Crippen molar-refractivity contribution in [3.8, 4) is 22.1 Å². The number of hydrazone groups is 1. The molecule has 4 aromatic carbocycles. The minimum absolute atomic E-state index is 0.172. The van der Waals surface area contributed by atoms with E-state index in [1.807, 2.05) is 67.6 Å². The zero-order valence-corrected chi connectivity index (χ0v) is 22.6.